The van der Waals surface area contributed by atoms with Crippen LogP contribution in [0.3, 0.4) is 0 Å². The van der Waals surface area contributed by atoms with Gasteiger partial charge in [0.25, 0.3) is 0 Å². The summed E-state index contributed by atoms with van der Waals surface area (Å²) in [6.07, 6.45) is 0.729. The van der Waals surface area contributed by atoms with Crippen molar-refractivity contribution in [2.24, 2.45) is 5.73 Å². The molecule has 0 spiro atoms. The van der Waals surface area contributed by atoms with E-state index in [0.717, 1.165) is 30.6 Å². The number of nitrogens with zero attached hydrogens (tertiary/aromatic N) is 1. The molecule has 1 aromatic carbocycles. The minimum atomic E-state index is -0.207. The van der Waals surface area contributed by atoms with Gasteiger partial charge in [-0.25, -0.2) is 4.39 Å². The molecular formula is C12H17FN2O. The first kappa shape index (κ1) is 11.5. The summed E-state index contributed by atoms with van der Waals surface area (Å²) in [5, 5.41) is 8.83. The molecule has 1 heterocycles. The lowest BCUT2D eigenvalue weighted by Gasteiger charge is -2.23. The van der Waals surface area contributed by atoms with Crippen molar-refractivity contribution in [2.75, 3.05) is 19.7 Å². The number of fused-ring (bicyclic) bond motifs is 1. The molecule has 1 atom stereocenters. The summed E-state index contributed by atoms with van der Waals surface area (Å²) in [4.78, 5) is 2.19. The Morgan fingerprint density at radius 2 is 2.31 bits per heavy atom. The van der Waals surface area contributed by atoms with Gasteiger partial charge in [0.1, 0.15) is 5.82 Å². The Labute approximate surface area is 94.7 Å². The Balaban J connectivity index is 2.19. The van der Waals surface area contributed by atoms with Crippen LogP contribution in [0, 0.1) is 5.82 Å². The molecule has 0 radical (unpaired) electrons. The number of aliphatic hydroxyl groups excluding tert-OH is 1. The average Bonchev–Trinajstić information content (AvgIpc) is 2.63. The number of benzene rings is 1. The first-order valence-corrected chi connectivity index (χ1v) is 5.59. The zero-order valence-corrected chi connectivity index (χ0v) is 9.19. The number of hydrogen-bond donors (Lipinski definition) is 2. The second kappa shape index (κ2) is 4.91. The topological polar surface area (TPSA) is 49.5 Å². The quantitative estimate of drug-likeness (QED) is 0.803. The predicted octanol–water partition coefficient (Wildman–Crippen LogP) is 1.02. The van der Waals surface area contributed by atoms with Gasteiger partial charge in [-0.1, -0.05) is 6.07 Å². The highest BCUT2D eigenvalue weighted by Crippen LogP contribution is 2.33. The summed E-state index contributed by atoms with van der Waals surface area (Å²) < 4.78 is 13.2. The molecule has 3 N–H and O–H groups in total. The summed E-state index contributed by atoms with van der Waals surface area (Å²) in [6.45, 7) is 2.27. The van der Waals surface area contributed by atoms with E-state index < -0.39 is 0 Å². The van der Waals surface area contributed by atoms with Crippen molar-refractivity contribution in [1.82, 2.24) is 4.90 Å². The van der Waals surface area contributed by atoms with Crippen molar-refractivity contribution in [3.63, 3.8) is 0 Å². The molecule has 16 heavy (non-hydrogen) atoms. The van der Waals surface area contributed by atoms with Crippen LogP contribution in [0.5, 0.6) is 0 Å². The van der Waals surface area contributed by atoms with Crippen LogP contribution in [0.25, 0.3) is 0 Å². The Morgan fingerprint density at radius 3 is 3.00 bits per heavy atom. The van der Waals surface area contributed by atoms with Crippen molar-refractivity contribution in [3.8, 4) is 0 Å². The molecule has 1 aliphatic rings. The Hall–Kier alpha value is -0.970. The van der Waals surface area contributed by atoms with Crippen LogP contribution in [0.2, 0.25) is 0 Å². The van der Waals surface area contributed by atoms with Gasteiger partial charge in [0.2, 0.25) is 0 Å². The number of halogens is 1. The van der Waals surface area contributed by atoms with Gasteiger partial charge < -0.3 is 10.8 Å². The van der Waals surface area contributed by atoms with Crippen LogP contribution in [-0.4, -0.2) is 29.7 Å². The molecule has 0 aromatic heterocycles. The molecule has 1 unspecified atom stereocenters. The van der Waals surface area contributed by atoms with Crippen molar-refractivity contribution >= 4 is 0 Å². The third kappa shape index (κ3) is 2.09. The molecule has 1 aromatic rings. The standard InChI is InChI=1S/C12H17FN2O/c13-10-3-2-9-8-15(4-1-5-16)12(7-14)11(9)6-10/h2-3,6,12,16H,1,4-5,7-8,14H2. The summed E-state index contributed by atoms with van der Waals surface area (Å²) in [5.41, 5.74) is 7.88. The molecular weight excluding hydrogens is 207 g/mol. The SMILES string of the molecule is NCC1c2cc(F)ccc2CN1CCCO. The molecule has 0 aliphatic carbocycles. The van der Waals surface area contributed by atoms with Gasteiger partial charge in [-0.05, 0) is 29.7 Å². The summed E-state index contributed by atoms with van der Waals surface area (Å²) in [7, 11) is 0. The van der Waals surface area contributed by atoms with Crippen LogP contribution < -0.4 is 5.73 Å². The summed E-state index contributed by atoms with van der Waals surface area (Å²) in [6, 6.07) is 4.98. The molecule has 0 bridgehead atoms. The Kier molecular flexibility index (Phi) is 3.53. The van der Waals surface area contributed by atoms with E-state index >= 15 is 0 Å². The first-order valence-electron chi connectivity index (χ1n) is 5.59. The van der Waals surface area contributed by atoms with E-state index in [1.54, 1.807) is 6.07 Å². The summed E-state index contributed by atoms with van der Waals surface area (Å²) in [5.74, 6) is -0.207. The van der Waals surface area contributed by atoms with Crippen molar-refractivity contribution < 1.29 is 9.50 Å². The molecule has 0 saturated heterocycles. The van der Waals surface area contributed by atoms with Gasteiger partial charge >= 0.3 is 0 Å². The second-order valence-corrected chi connectivity index (χ2v) is 4.14. The smallest absolute Gasteiger partial charge is 0.123 e. The van der Waals surface area contributed by atoms with Crippen LogP contribution in [0.4, 0.5) is 4.39 Å². The van der Waals surface area contributed by atoms with E-state index in [2.05, 4.69) is 4.90 Å². The monoisotopic (exact) mass is 224 g/mol. The third-order valence-corrected chi connectivity index (χ3v) is 3.11. The van der Waals surface area contributed by atoms with E-state index in [1.165, 1.54) is 6.07 Å². The fourth-order valence-corrected chi connectivity index (χ4v) is 2.33. The van der Waals surface area contributed by atoms with E-state index in [9.17, 15) is 4.39 Å². The van der Waals surface area contributed by atoms with E-state index in [-0.39, 0.29) is 18.5 Å². The molecule has 0 fully saturated rings. The molecule has 0 saturated carbocycles. The van der Waals surface area contributed by atoms with Crippen LogP contribution >= 0.6 is 0 Å². The molecule has 0 amide bonds. The first-order chi connectivity index (χ1) is 7.76. The minimum absolute atomic E-state index is 0.0947. The Morgan fingerprint density at radius 1 is 1.50 bits per heavy atom. The van der Waals surface area contributed by atoms with E-state index in [1.807, 2.05) is 6.07 Å². The van der Waals surface area contributed by atoms with Gasteiger partial charge in [-0.3, -0.25) is 4.90 Å². The van der Waals surface area contributed by atoms with Crippen LogP contribution in [-0.2, 0) is 6.54 Å². The lowest BCUT2D eigenvalue weighted by molar-refractivity contribution is 0.190. The highest BCUT2D eigenvalue weighted by Gasteiger charge is 2.28. The molecule has 88 valence electrons. The zero-order chi connectivity index (χ0) is 11.5. The molecule has 3 nitrogen and oxygen atoms in total. The number of nitrogens with two attached hydrogens (primary N) is 1. The minimum Gasteiger partial charge on any atom is -0.396 e. The lowest BCUT2D eigenvalue weighted by Crippen LogP contribution is -2.29. The molecule has 2 rings (SSSR count). The maximum Gasteiger partial charge on any atom is 0.123 e. The van der Waals surface area contributed by atoms with Crippen LogP contribution in [0.1, 0.15) is 23.6 Å². The maximum absolute atomic E-state index is 13.2. The number of aliphatic hydroxyl groups is 1. The van der Waals surface area contributed by atoms with Gasteiger partial charge in [-0.2, -0.15) is 0 Å². The maximum atomic E-state index is 13.2. The fourth-order valence-electron chi connectivity index (χ4n) is 2.33. The van der Waals surface area contributed by atoms with E-state index in [4.69, 9.17) is 10.8 Å². The zero-order valence-electron chi connectivity index (χ0n) is 9.19. The third-order valence-electron chi connectivity index (χ3n) is 3.11. The normalized spacial score (nSPS) is 20.1. The number of rotatable bonds is 4. The molecule has 4 heteroatoms. The highest BCUT2D eigenvalue weighted by molar-refractivity contribution is 5.34. The van der Waals surface area contributed by atoms with Gasteiger partial charge in [0.15, 0.2) is 0 Å². The predicted molar refractivity (Wildman–Crippen MR) is 60.3 cm³/mol. The van der Waals surface area contributed by atoms with E-state index in [0.29, 0.717) is 6.54 Å². The summed E-state index contributed by atoms with van der Waals surface area (Å²) >= 11 is 0. The second-order valence-electron chi connectivity index (χ2n) is 4.14. The largest absolute Gasteiger partial charge is 0.396 e. The van der Waals surface area contributed by atoms with Crippen molar-refractivity contribution in [3.05, 3.63) is 35.1 Å². The average molecular weight is 224 g/mol. The van der Waals surface area contributed by atoms with Crippen LogP contribution in [0.15, 0.2) is 18.2 Å². The fraction of sp³-hybridized carbons (Fsp3) is 0.500. The lowest BCUT2D eigenvalue weighted by atomic mass is 10.0. The van der Waals surface area contributed by atoms with Gasteiger partial charge in [0, 0.05) is 32.3 Å². The van der Waals surface area contributed by atoms with Crippen molar-refractivity contribution in [1.29, 1.82) is 0 Å². The highest BCUT2D eigenvalue weighted by atomic mass is 19.1. The van der Waals surface area contributed by atoms with Gasteiger partial charge in [0.05, 0.1) is 0 Å². The van der Waals surface area contributed by atoms with Gasteiger partial charge in [-0.15, -0.1) is 0 Å². The number of hydrogen-bond acceptors (Lipinski definition) is 3. The molecule has 1 aliphatic heterocycles. The Bertz CT molecular complexity index is 370. The van der Waals surface area contributed by atoms with Crippen molar-refractivity contribution in [2.45, 2.75) is 19.0 Å².